The van der Waals surface area contributed by atoms with Gasteiger partial charge in [-0.05, 0) is 26.3 Å². The summed E-state index contributed by atoms with van der Waals surface area (Å²) in [6.07, 6.45) is 0.941. The Labute approximate surface area is 98.5 Å². The summed E-state index contributed by atoms with van der Waals surface area (Å²) in [5.74, 6) is 2.54. The molecule has 0 bridgehead atoms. The number of rotatable bonds is 5. The van der Waals surface area contributed by atoms with Crippen molar-refractivity contribution in [2.45, 2.75) is 46.6 Å². The summed E-state index contributed by atoms with van der Waals surface area (Å²) in [5, 5.41) is 7.89. The summed E-state index contributed by atoms with van der Waals surface area (Å²) in [6.45, 7) is 11.7. The van der Waals surface area contributed by atoms with Gasteiger partial charge >= 0.3 is 0 Å². The lowest BCUT2D eigenvalue weighted by atomic mass is 10.0. The van der Waals surface area contributed by atoms with Crippen LogP contribution in [-0.4, -0.2) is 21.3 Å². The second-order valence-electron chi connectivity index (χ2n) is 5.23. The topological polar surface area (TPSA) is 42.7 Å². The lowest BCUT2D eigenvalue weighted by Crippen LogP contribution is -2.38. The maximum absolute atomic E-state index is 4.63. The third kappa shape index (κ3) is 3.04. The summed E-state index contributed by atoms with van der Waals surface area (Å²) in [6, 6.07) is 0. The predicted octanol–water partition coefficient (Wildman–Crippen LogP) is 1.86. The highest BCUT2D eigenvalue weighted by Gasteiger charge is 2.25. The molecule has 0 radical (unpaired) electrons. The van der Waals surface area contributed by atoms with Crippen LogP contribution < -0.4 is 5.32 Å². The van der Waals surface area contributed by atoms with E-state index in [1.54, 1.807) is 0 Å². The van der Waals surface area contributed by atoms with E-state index in [9.17, 15) is 0 Å². The maximum Gasteiger partial charge on any atom is 0.151 e. The molecular formula is C12H24N4. The minimum atomic E-state index is -0.119. The standard InChI is InChI=1S/C12H24N4/c1-7-13-12(4,5)11-14-10(8-9(2)3)15-16(11)6/h9,13H,7-8H2,1-6H3. The van der Waals surface area contributed by atoms with E-state index in [2.05, 4.69) is 50.0 Å². The average Bonchev–Trinajstić information content (AvgIpc) is 2.45. The van der Waals surface area contributed by atoms with Gasteiger partial charge < -0.3 is 5.32 Å². The molecule has 92 valence electrons. The van der Waals surface area contributed by atoms with Gasteiger partial charge in [0, 0.05) is 13.5 Å². The molecule has 0 aliphatic carbocycles. The van der Waals surface area contributed by atoms with E-state index in [0.717, 1.165) is 24.6 Å². The monoisotopic (exact) mass is 224 g/mol. The second kappa shape index (κ2) is 4.95. The molecule has 0 saturated carbocycles. The molecule has 0 saturated heterocycles. The molecule has 0 atom stereocenters. The molecule has 1 N–H and O–H groups in total. The van der Waals surface area contributed by atoms with Crippen LogP contribution in [0.1, 0.15) is 46.3 Å². The summed E-state index contributed by atoms with van der Waals surface area (Å²) in [4.78, 5) is 4.63. The van der Waals surface area contributed by atoms with Crippen LogP contribution in [0.3, 0.4) is 0 Å². The fourth-order valence-corrected chi connectivity index (χ4v) is 1.95. The van der Waals surface area contributed by atoms with Crippen LogP contribution in [0.4, 0.5) is 0 Å². The molecule has 4 nitrogen and oxygen atoms in total. The summed E-state index contributed by atoms with van der Waals surface area (Å²) in [7, 11) is 1.96. The highest BCUT2D eigenvalue weighted by Crippen LogP contribution is 2.17. The zero-order valence-electron chi connectivity index (χ0n) is 11.3. The Hall–Kier alpha value is -0.900. The van der Waals surface area contributed by atoms with Gasteiger partial charge in [-0.25, -0.2) is 4.98 Å². The van der Waals surface area contributed by atoms with E-state index >= 15 is 0 Å². The van der Waals surface area contributed by atoms with Crippen LogP contribution in [0.2, 0.25) is 0 Å². The summed E-state index contributed by atoms with van der Waals surface area (Å²) in [5.41, 5.74) is -0.119. The number of hydrogen-bond donors (Lipinski definition) is 1. The fourth-order valence-electron chi connectivity index (χ4n) is 1.95. The molecule has 1 rings (SSSR count). The molecule has 1 heterocycles. The minimum absolute atomic E-state index is 0.119. The van der Waals surface area contributed by atoms with Crippen LogP contribution in [0, 0.1) is 5.92 Å². The van der Waals surface area contributed by atoms with Gasteiger partial charge in [0.05, 0.1) is 5.54 Å². The third-order valence-electron chi connectivity index (χ3n) is 2.58. The van der Waals surface area contributed by atoms with Crippen LogP contribution in [0.5, 0.6) is 0 Å². The van der Waals surface area contributed by atoms with Gasteiger partial charge in [0.25, 0.3) is 0 Å². The highest BCUT2D eigenvalue weighted by molar-refractivity contribution is 5.05. The summed E-state index contributed by atoms with van der Waals surface area (Å²) >= 11 is 0. The number of aryl methyl sites for hydroxylation is 1. The van der Waals surface area contributed by atoms with Crippen LogP contribution in [-0.2, 0) is 19.0 Å². The van der Waals surface area contributed by atoms with Gasteiger partial charge in [0.2, 0.25) is 0 Å². The van der Waals surface area contributed by atoms with Gasteiger partial charge in [-0.2, -0.15) is 5.10 Å². The van der Waals surface area contributed by atoms with Gasteiger partial charge in [-0.1, -0.05) is 20.8 Å². The molecule has 0 spiro atoms. The Morgan fingerprint density at radius 1 is 1.38 bits per heavy atom. The SMILES string of the molecule is CCNC(C)(C)c1nc(CC(C)C)nn1C. The van der Waals surface area contributed by atoms with E-state index < -0.39 is 0 Å². The van der Waals surface area contributed by atoms with Crippen LogP contribution in [0.25, 0.3) is 0 Å². The molecular weight excluding hydrogens is 200 g/mol. The highest BCUT2D eigenvalue weighted by atomic mass is 15.3. The first-order valence-corrected chi connectivity index (χ1v) is 6.02. The van der Waals surface area contributed by atoms with Crippen molar-refractivity contribution in [2.75, 3.05) is 6.54 Å². The summed E-state index contributed by atoms with van der Waals surface area (Å²) < 4.78 is 1.89. The number of nitrogens with zero attached hydrogens (tertiary/aromatic N) is 3. The van der Waals surface area contributed by atoms with Crippen molar-refractivity contribution in [3.8, 4) is 0 Å². The smallest absolute Gasteiger partial charge is 0.151 e. The molecule has 0 aliphatic heterocycles. The first-order chi connectivity index (χ1) is 7.36. The van der Waals surface area contributed by atoms with Crippen molar-refractivity contribution in [1.29, 1.82) is 0 Å². The molecule has 16 heavy (non-hydrogen) atoms. The minimum Gasteiger partial charge on any atom is -0.306 e. The second-order valence-corrected chi connectivity index (χ2v) is 5.23. The zero-order valence-corrected chi connectivity index (χ0v) is 11.3. The van der Waals surface area contributed by atoms with Crippen LogP contribution in [0.15, 0.2) is 0 Å². The number of nitrogens with one attached hydrogen (secondary N) is 1. The number of hydrogen-bond acceptors (Lipinski definition) is 3. The third-order valence-corrected chi connectivity index (χ3v) is 2.58. The quantitative estimate of drug-likeness (QED) is 0.830. The molecule has 4 heteroatoms. The molecule has 1 aromatic rings. The van der Waals surface area contributed by atoms with Gasteiger partial charge in [-0.3, -0.25) is 4.68 Å². The van der Waals surface area contributed by atoms with Crippen molar-refractivity contribution < 1.29 is 0 Å². The predicted molar refractivity (Wildman–Crippen MR) is 66.2 cm³/mol. The Morgan fingerprint density at radius 2 is 2.00 bits per heavy atom. The molecule has 0 aliphatic rings. The van der Waals surface area contributed by atoms with Crippen molar-refractivity contribution in [3.05, 3.63) is 11.6 Å². The lowest BCUT2D eigenvalue weighted by Gasteiger charge is -2.24. The largest absolute Gasteiger partial charge is 0.306 e. The van der Waals surface area contributed by atoms with Crippen molar-refractivity contribution in [1.82, 2.24) is 20.1 Å². The van der Waals surface area contributed by atoms with Gasteiger partial charge in [0.15, 0.2) is 5.82 Å². The number of aromatic nitrogens is 3. The zero-order chi connectivity index (χ0) is 12.3. The fraction of sp³-hybridized carbons (Fsp3) is 0.833. The molecule has 0 aromatic carbocycles. The Balaban J connectivity index is 2.92. The average molecular weight is 224 g/mol. The first-order valence-electron chi connectivity index (χ1n) is 6.02. The Bertz CT molecular complexity index is 339. The molecule has 1 aromatic heterocycles. The van der Waals surface area contributed by atoms with E-state index in [1.165, 1.54) is 0 Å². The Kier molecular flexibility index (Phi) is 4.08. The lowest BCUT2D eigenvalue weighted by molar-refractivity contribution is 0.375. The van der Waals surface area contributed by atoms with E-state index in [-0.39, 0.29) is 5.54 Å². The van der Waals surface area contributed by atoms with E-state index in [1.807, 2.05) is 11.7 Å². The van der Waals surface area contributed by atoms with Crippen molar-refractivity contribution >= 4 is 0 Å². The van der Waals surface area contributed by atoms with Crippen molar-refractivity contribution in [2.24, 2.45) is 13.0 Å². The molecule has 0 fully saturated rings. The van der Waals surface area contributed by atoms with Crippen LogP contribution >= 0.6 is 0 Å². The van der Waals surface area contributed by atoms with Gasteiger partial charge in [-0.15, -0.1) is 0 Å². The molecule has 0 unspecified atom stereocenters. The van der Waals surface area contributed by atoms with E-state index in [0.29, 0.717) is 5.92 Å². The molecule has 0 amide bonds. The maximum atomic E-state index is 4.63. The Morgan fingerprint density at radius 3 is 2.50 bits per heavy atom. The normalized spacial score (nSPS) is 12.4. The van der Waals surface area contributed by atoms with Gasteiger partial charge in [0.1, 0.15) is 5.82 Å². The van der Waals surface area contributed by atoms with Crippen molar-refractivity contribution in [3.63, 3.8) is 0 Å². The van der Waals surface area contributed by atoms with E-state index in [4.69, 9.17) is 0 Å². The first kappa shape index (κ1) is 13.2.